The summed E-state index contributed by atoms with van der Waals surface area (Å²) in [6.07, 6.45) is -11.0. The number of aromatic nitrogens is 1. The molecule has 2 heterocycles. The number of rotatable bonds is 7. The monoisotopic (exact) mass is 629 g/mol. The van der Waals surface area contributed by atoms with Gasteiger partial charge in [-0.1, -0.05) is 6.07 Å². The Kier molecular flexibility index (Phi) is 9.35. The Morgan fingerprint density at radius 2 is 1.88 bits per heavy atom. The van der Waals surface area contributed by atoms with Gasteiger partial charge in [0.25, 0.3) is 0 Å². The van der Waals surface area contributed by atoms with Crippen molar-refractivity contribution in [3.8, 4) is 11.5 Å². The number of carbonyl (C=O) groups is 1. The van der Waals surface area contributed by atoms with Crippen molar-refractivity contribution < 1.29 is 53.9 Å². The fraction of sp³-hybridized carbons (Fsp3) is 0.538. The Bertz CT molecular complexity index is 1270. The van der Waals surface area contributed by atoms with Crippen molar-refractivity contribution in [3.63, 3.8) is 0 Å². The average molecular weight is 630 g/mol. The van der Waals surface area contributed by atoms with Crippen LogP contribution in [0, 0.1) is 0 Å². The van der Waals surface area contributed by atoms with Gasteiger partial charge in [-0.15, -0.1) is 0 Å². The Labute approximate surface area is 240 Å². The van der Waals surface area contributed by atoms with E-state index in [9.17, 15) is 45.0 Å². The molecule has 0 spiro atoms. The highest BCUT2D eigenvalue weighted by atomic mass is 32.2. The molecule has 0 radical (unpaired) electrons. The molecule has 1 aliphatic carbocycles. The van der Waals surface area contributed by atoms with E-state index in [1.165, 1.54) is 34.6 Å². The summed E-state index contributed by atoms with van der Waals surface area (Å²) >= 11 is 0.640. The predicted octanol–water partition coefficient (Wildman–Crippen LogP) is 7.36. The number of alkyl halides is 8. The van der Waals surface area contributed by atoms with Gasteiger partial charge in [-0.3, -0.25) is 0 Å². The number of carboxylic acids is 1. The topological polar surface area (TPSA) is 75.1 Å². The number of fused-ring (bicyclic) bond motifs is 1. The van der Waals surface area contributed by atoms with Crippen LogP contribution in [0.15, 0.2) is 30.5 Å². The number of pyridine rings is 1. The molecule has 7 nitrogen and oxygen atoms in total. The summed E-state index contributed by atoms with van der Waals surface area (Å²) in [6, 6.07) is 2.92. The van der Waals surface area contributed by atoms with Gasteiger partial charge in [0.1, 0.15) is 24.6 Å². The highest BCUT2D eigenvalue weighted by molar-refractivity contribution is 7.92. The van der Waals surface area contributed by atoms with Crippen LogP contribution < -0.4 is 13.8 Å². The first-order valence-corrected chi connectivity index (χ1v) is 13.6. The van der Waals surface area contributed by atoms with Gasteiger partial charge in [0, 0.05) is 62.8 Å². The van der Waals surface area contributed by atoms with Gasteiger partial charge in [0.15, 0.2) is 11.4 Å². The summed E-state index contributed by atoms with van der Waals surface area (Å²) in [5.41, 5.74) is -1.76. The first kappa shape index (κ1) is 31.9. The van der Waals surface area contributed by atoms with Crippen molar-refractivity contribution in [1.82, 2.24) is 9.29 Å². The van der Waals surface area contributed by atoms with E-state index >= 15 is 0 Å². The summed E-state index contributed by atoms with van der Waals surface area (Å²) in [6.45, 7) is -0.743. The predicted molar refractivity (Wildman–Crippen MR) is 137 cm³/mol. The molecule has 0 bridgehead atoms. The third-order valence-corrected chi connectivity index (χ3v) is 8.00. The molecule has 0 amide bonds. The summed E-state index contributed by atoms with van der Waals surface area (Å²) in [4.78, 5) is 16.6. The van der Waals surface area contributed by atoms with Crippen molar-refractivity contribution in [3.05, 3.63) is 47.3 Å². The zero-order valence-electron chi connectivity index (χ0n) is 22.1. The Morgan fingerprint density at radius 3 is 2.50 bits per heavy atom. The number of aromatic carboxylic acids is 1. The summed E-state index contributed by atoms with van der Waals surface area (Å²) in [5, 5.41) is 9.34. The Hall–Kier alpha value is -3.01. The van der Waals surface area contributed by atoms with Crippen LogP contribution in [-0.2, 0) is 12.8 Å². The third-order valence-electron chi connectivity index (χ3n) is 7.21. The van der Waals surface area contributed by atoms with Gasteiger partial charge in [-0.25, -0.2) is 22.9 Å². The molecule has 42 heavy (non-hydrogen) atoms. The number of ether oxygens (including phenoxy) is 1. The van der Waals surface area contributed by atoms with Crippen LogP contribution in [0.2, 0.25) is 0 Å². The highest BCUT2D eigenvalue weighted by Gasteiger charge is 2.42. The number of likely N-dealkylation sites (N-methyl/N-ethyl adjacent to an activating group) is 1. The molecule has 1 fully saturated rings. The number of hydrogen-bond acceptors (Lipinski definition) is 7. The van der Waals surface area contributed by atoms with Crippen LogP contribution in [0.5, 0.6) is 11.5 Å². The minimum absolute atomic E-state index is 0.0113. The van der Waals surface area contributed by atoms with Crippen LogP contribution in [0.1, 0.15) is 60.1 Å². The van der Waals surface area contributed by atoms with Crippen LogP contribution in [-0.4, -0.2) is 58.1 Å². The van der Waals surface area contributed by atoms with Gasteiger partial charge < -0.3 is 18.9 Å². The number of nitrogens with zero attached hydrogens (tertiary/aromatic N) is 3. The molecule has 4 rings (SSSR count). The van der Waals surface area contributed by atoms with Crippen molar-refractivity contribution in [2.24, 2.45) is 0 Å². The highest BCUT2D eigenvalue weighted by Crippen LogP contribution is 2.48. The molecule has 1 unspecified atom stereocenters. The summed E-state index contributed by atoms with van der Waals surface area (Å²) < 4.78 is 123. The van der Waals surface area contributed by atoms with Gasteiger partial charge in [0.2, 0.25) is 5.92 Å². The average Bonchev–Trinajstić information content (AvgIpc) is 2.89. The SMILES string of the molecule is CN1SOc2cc(OCc3cccnc3C(=O)O)c(C(F)(F)F)cc2N(C2CCC(F)(F)CC2)CC1CCC(F)(F)F. The fourth-order valence-corrected chi connectivity index (χ4v) is 5.60. The second-order valence-electron chi connectivity index (χ2n) is 10.2. The summed E-state index contributed by atoms with van der Waals surface area (Å²) in [7, 11) is 1.47. The van der Waals surface area contributed by atoms with E-state index in [4.69, 9.17) is 8.92 Å². The van der Waals surface area contributed by atoms with Crippen LogP contribution >= 0.6 is 12.2 Å². The standard InChI is InChI=1S/C26H27F8N3O4S/c1-36-17(6-9-25(29,30)31)13-37(16-4-7-24(27,28)8-5-16)19-11-18(26(32,33)34)20(12-21(19)41-42-36)40-14-15-3-2-10-35-22(15)23(38)39/h2-3,10-12,16-17H,4-9,13-14H2,1H3,(H,38,39). The quantitative estimate of drug-likeness (QED) is 0.194. The largest absolute Gasteiger partial charge is 0.488 e. The molecule has 232 valence electrons. The van der Waals surface area contributed by atoms with E-state index in [1.807, 2.05) is 0 Å². The molecule has 1 atom stereocenters. The van der Waals surface area contributed by atoms with E-state index < -0.39 is 85.6 Å². The van der Waals surface area contributed by atoms with Gasteiger partial charge in [0.05, 0.1) is 11.3 Å². The molecule has 1 aliphatic heterocycles. The van der Waals surface area contributed by atoms with Crippen molar-refractivity contribution in [2.45, 2.75) is 75.5 Å². The first-order chi connectivity index (χ1) is 19.5. The van der Waals surface area contributed by atoms with Gasteiger partial charge >= 0.3 is 18.3 Å². The number of hydrogen-bond donors (Lipinski definition) is 1. The van der Waals surface area contributed by atoms with Crippen molar-refractivity contribution in [2.75, 3.05) is 18.5 Å². The molecule has 2 aromatic rings. The van der Waals surface area contributed by atoms with E-state index in [1.54, 1.807) is 0 Å². The molecule has 1 aromatic heterocycles. The number of anilines is 1. The lowest BCUT2D eigenvalue weighted by Crippen LogP contribution is -2.48. The lowest BCUT2D eigenvalue weighted by molar-refractivity contribution is -0.139. The summed E-state index contributed by atoms with van der Waals surface area (Å²) in [5.74, 6) is -5.16. The van der Waals surface area contributed by atoms with Gasteiger partial charge in [-0.05, 0) is 31.4 Å². The van der Waals surface area contributed by atoms with Crippen molar-refractivity contribution in [1.29, 1.82) is 0 Å². The van der Waals surface area contributed by atoms with E-state index in [0.717, 1.165) is 12.1 Å². The number of carboxylic acid groups (broad SMARTS) is 1. The number of halogens is 8. The van der Waals surface area contributed by atoms with Gasteiger partial charge in [-0.2, -0.15) is 26.3 Å². The zero-order valence-corrected chi connectivity index (χ0v) is 23.0. The van der Waals surface area contributed by atoms with E-state index in [0.29, 0.717) is 12.2 Å². The molecular weight excluding hydrogens is 602 g/mol. The second kappa shape index (κ2) is 12.3. The van der Waals surface area contributed by atoms with Crippen molar-refractivity contribution >= 4 is 23.9 Å². The molecule has 16 heteroatoms. The lowest BCUT2D eigenvalue weighted by atomic mass is 9.90. The lowest BCUT2D eigenvalue weighted by Gasteiger charge is -2.43. The maximum absolute atomic E-state index is 14.3. The van der Waals surface area contributed by atoms with Crippen LogP contribution in [0.4, 0.5) is 40.8 Å². The molecule has 0 saturated heterocycles. The smallest absolute Gasteiger partial charge is 0.420 e. The third kappa shape index (κ3) is 7.88. The Balaban J connectivity index is 1.74. The fourth-order valence-electron chi connectivity index (χ4n) is 4.97. The molecule has 1 aromatic carbocycles. The molecule has 1 saturated carbocycles. The van der Waals surface area contributed by atoms with E-state index in [-0.39, 0.29) is 36.4 Å². The second-order valence-corrected chi connectivity index (χ2v) is 11.1. The molecule has 2 aliphatic rings. The molecule has 1 N–H and O–H groups in total. The van der Waals surface area contributed by atoms with Crippen LogP contribution in [0.25, 0.3) is 0 Å². The first-order valence-electron chi connectivity index (χ1n) is 12.9. The van der Waals surface area contributed by atoms with Crippen LogP contribution in [0.3, 0.4) is 0 Å². The van der Waals surface area contributed by atoms with E-state index in [2.05, 4.69) is 4.98 Å². The minimum Gasteiger partial charge on any atom is -0.488 e. The minimum atomic E-state index is -4.97. The number of benzene rings is 1. The molecular formula is C26H27F8N3O4S. The normalized spacial score (nSPS) is 20.3. The zero-order chi connectivity index (χ0) is 30.9. The maximum atomic E-state index is 14.3. The Morgan fingerprint density at radius 1 is 1.19 bits per heavy atom. The maximum Gasteiger partial charge on any atom is 0.420 e.